The van der Waals surface area contributed by atoms with E-state index in [1.165, 1.54) is 11.1 Å². The molecule has 5 nitrogen and oxygen atoms in total. The molecule has 184 valence electrons. The molecule has 7 rings (SSSR count). The molecule has 5 aliphatic rings. The van der Waals surface area contributed by atoms with E-state index >= 15 is 0 Å². The quantitative estimate of drug-likeness (QED) is 0.576. The van der Waals surface area contributed by atoms with Crippen molar-refractivity contribution >= 4 is 11.9 Å². The highest BCUT2D eigenvalue weighted by Crippen LogP contribution is 2.66. The van der Waals surface area contributed by atoms with Crippen molar-refractivity contribution in [3.05, 3.63) is 71.8 Å². The first-order valence-electron chi connectivity index (χ1n) is 13.1. The van der Waals surface area contributed by atoms with Crippen LogP contribution in [0.2, 0.25) is 0 Å². The molecule has 0 radical (unpaired) electrons. The zero-order valence-electron chi connectivity index (χ0n) is 20.9. The Morgan fingerprint density at radius 3 is 2.00 bits per heavy atom. The number of rotatable bonds is 5. The van der Waals surface area contributed by atoms with Gasteiger partial charge in [0.2, 0.25) is 5.60 Å². The van der Waals surface area contributed by atoms with E-state index in [1.807, 2.05) is 32.9 Å². The van der Waals surface area contributed by atoms with Crippen molar-refractivity contribution in [1.29, 1.82) is 0 Å². The lowest BCUT2D eigenvalue weighted by Crippen LogP contribution is -2.62. The SMILES string of the molecule is CC1(C)[C@@]2(C(=O)O[C@H]3C4CCN(CC4)[C@@H]3C(c3ccccc3)c3ccccc3)CC[C@]1(C)C(=O)O2. The fourth-order valence-electron chi connectivity index (χ4n) is 7.43. The predicted octanol–water partition coefficient (Wildman–Crippen LogP) is 4.95. The number of fused-ring (bicyclic) bond motifs is 5. The van der Waals surface area contributed by atoms with Gasteiger partial charge in [0.1, 0.15) is 6.10 Å². The number of hydrogen-bond acceptors (Lipinski definition) is 5. The molecule has 2 aromatic carbocycles. The fraction of sp³-hybridized carbons (Fsp3) is 0.533. The summed E-state index contributed by atoms with van der Waals surface area (Å²) >= 11 is 0. The summed E-state index contributed by atoms with van der Waals surface area (Å²) in [5, 5.41) is 0. The molecule has 0 spiro atoms. The minimum atomic E-state index is -1.19. The van der Waals surface area contributed by atoms with Crippen LogP contribution in [0.15, 0.2) is 60.7 Å². The molecular formula is C30H35NO4. The van der Waals surface area contributed by atoms with Crippen molar-refractivity contribution in [2.24, 2.45) is 16.7 Å². The van der Waals surface area contributed by atoms with Crippen molar-refractivity contribution in [1.82, 2.24) is 4.90 Å². The molecule has 5 fully saturated rings. The maximum atomic E-state index is 14.0. The molecule has 5 heteroatoms. The molecule has 4 saturated heterocycles. The molecule has 1 aliphatic carbocycles. The van der Waals surface area contributed by atoms with Gasteiger partial charge in [-0.2, -0.15) is 0 Å². The normalized spacial score (nSPS) is 36.9. The van der Waals surface area contributed by atoms with Gasteiger partial charge in [0, 0.05) is 11.3 Å². The number of ether oxygens (including phenoxy) is 2. The number of nitrogens with zero attached hydrogens (tertiary/aromatic N) is 1. The maximum Gasteiger partial charge on any atom is 0.351 e. The molecule has 0 N–H and O–H groups in total. The van der Waals surface area contributed by atoms with Gasteiger partial charge in [-0.15, -0.1) is 0 Å². The average Bonchev–Trinajstić information content (AvgIpc) is 3.18. The van der Waals surface area contributed by atoms with E-state index in [-0.39, 0.29) is 30.0 Å². The Hall–Kier alpha value is -2.66. The molecule has 0 unspecified atom stereocenters. The average molecular weight is 474 g/mol. The molecule has 4 aliphatic heterocycles. The monoisotopic (exact) mass is 473 g/mol. The molecule has 35 heavy (non-hydrogen) atoms. The Kier molecular flexibility index (Phi) is 5.16. The first-order chi connectivity index (χ1) is 16.8. The standard InChI is InChI=1S/C30H35NO4/c1-28(2)29(3)16-17-30(28,35-26(29)32)27(33)34-25-22-14-18-31(19-15-22)24(25)23(20-10-6-4-7-11-20)21-12-8-5-9-13-21/h4-13,22-25H,14-19H2,1-3H3/t24-,25+,29-,30+/m1/s1. The van der Waals surface area contributed by atoms with Gasteiger partial charge < -0.3 is 9.47 Å². The Morgan fingerprint density at radius 2 is 1.51 bits per heavy atom. The molecule has 4 heterocycles. The largest absolute Gasteiger partial charge is 0.457 e. The van der Waals surface area contributed by atoms with Crippen molar-refractivity contribution in [3.8, 4) is 0 Å². The number of piperidine rings is 3. The van der Waals surface area contributed by atoms with Gasteiger partial charge in [0.15, 0.2) is 0 Å². The van der Waals surface area contributed by atoms with E-state index in [0.717, 1.165) is 25.9 Å². The predicted molar refractivity (Wildman–Crippen MR) is 133 cm³/mol. The van der Waals surface area contributed by atoms with Crippen LogP contribution in [-0.4, -0.2) is 47.7 Å². The minimum Gasteiger partial charge on any atom is -0.457 e. The van der Waals surface area contributed by atoms with Crippen molar-refractivity contribution in [2.45, 2.75) is 70.1 Å². The molecule has 4 bridgehead atoms. The third-order valence-electron chi connectivity index (χ3n) is 10.1. The summed E-state index contributed by atoms with van der Waals surface area (Å²) in [5.41, 5.74) is 0.0327. The Morgan fingerprint density at radius 1 is 0.943 bits per heavy atom. The Balaban J connectivity index is 1.38. The van der Waals surface area contributed by atoms with Crippen molar-refractivity contribution in [3.63, 3.8) is 0 Å². The van der Waals surface area contributed by atoms with Gasteiger partial charge in [-0.1, -0.05) is 74.5 Å². The summed E-state index contributed by atoms with van der Waals surface area (Å²) < 4.78 is 12.4. The van der Waals surface area contributed by atoms with E-state index < -0.39 is 16.4 Å². The molecule has 4 atom stereocenters. The second kappa shape index (κ2) is 7.92. The Labute approximate surface area is 207 Å². The van der Waals surface area contributed by atoms with Gasteiger partial charge in [0.25, 0.3) is 0 Å². The maximum absolute atomic E-state index is 14.0. The zero-order valence-corrected chi connectivity index (χ0v) is 20.9. The lowest BCUT2D eigenvalue weighted by molar-refractivity contribution is -0.198. The van der Waals surface area contributed by atoms with Crippen LogP contribution in [0, 0.1) is 16.7 Å². The zero-order chi connectivity index (χ0) is 24.4. The molecule has 1 saturated carbocycles. The third kappa shape index (κ3) is 3.10. The van der Waals surface area contributed by atoms with Crippen LogP contribution in [0.4, 0.5) is 0 Å². The van der Waals surface area contributed by atoms with Gasteiger partial charge in [-0.05, 0) is 62.7 Å². The van der Waals surface area contributed by atoms with Crippen LogP contribution in [0.25, 0.3) is 0 Å². The highest BCUT2D eigenvalue weighted by molar-refractivity contribution is 5.93. The summed E-state index contributed by atoms with van der Waals surface area (Å²) in [6, 6.07) is 21.2. The molecular weight excluding hydrogens is 438 g/mol. The van der Waals surface area contributed by atoms with Crippen molar-refractivity contribution < 1.29 is 19.1 Å². The first-order valence-corrected chi connectivity index (χ1v) is 13.1. The van der Waals surface area contributed by atoms with E-state index in [1.54, 1.807) is 0 Å². The van der Waals surface area contributed by atoms with Crippen LogP contribution in [0.1, 0.15) is 63.5 Å². The highest BCUT2D eigenvalue weighted by atomic mass is 16.6. The number of hydrogen-bond donors (Lipinski definition) is 0. The smallest absolute Gasteiger partial charge is 0.351 e. The highest BCUT2D eigenvalue weighted by Gasteiger charge is 2.76. The van der Waals surface area contributed by atoms with E-state index in [9.17, 15) is 9.59 Å². The summed E-state index contributed by atoms with van der Waals surface area (Å²) in [6.45, 7) is 7.97. The van der Waals surface area contributed by atoms with Crippen LogP contribution >= 0.6 is 0 Å². The second-order valence-corrected chi connectivity index (χ2v) is 11.7. The second-order valence-electron chi connectivity index (χ2n) is 11.7. The minimum absolute atomic E-state index is 0.0423. The number of carbonyl (C=O) groups is 2. The molecule has 0 amide bonds. The molecule has 2 aromatic rings. The van der Waals surface area contributed by atoms with Crippen LogP contribution in [0.3, 0.4) is 0 Å². The van der Waals surface area contributed by atoms with Crippen LogP contribution in [0.5, 0.6) is 0 Å². The topological polar surface area (TPSA) is 55.8 Å². The number of esters is 2. The summed E-state index contributed by atoms with van der Waals surface area (Å²) in [5.74, 6) is -0.208. The number of benzene rings is 2. The van der Waals surface area contributed by atoms with E-state index in [2.05, 4.69) is 53.4 Å². The lowest BCUT2D eigenvalue weighted by atomic mass is 9.66. The molecule has 0 aromatic heterocycles. The van der Waals surface area contributed by atoms with Gasteiger partial charge in [-0.25, -0.2) is 4.79 Å². The van der Waals surface area contributed by atoms with E-state index in [4.69, 9.17) is 9.47 Å². The summed E-state index contributed by atoms with van der Waals surface area (Å²) in [7, 11) is 0. The van der Waals surface area contributed by atoms with Gasteiger partial charge >= 0.3 is 11.9 Å². The van der Waals surface area contributed by atoms with Crippen molar-refractivity contribution in [2.75, 3.05) is 13.1 Å². The fourth-order valence-corrected chi connectivity index (χ4v) is 7.43. The lowest BCUT2D eigenvalue weighted by Gasteiger charge is -2.53. The summed E-state index contributed by atoms with van der Waals surface area (Å²) in [4.78, 5) is 29.3. The van der Waals surface area contributed by atoms with Gasteiger partial charge in [0.05, 0.1) is 11.5 Å². The van der Waals surface area contributed by atoms with E-state index in [0.29, 0.717) is 18.8 Å². The summed E-state index contributed by atoms with van der Waals surface area (Å²) in [6.07, 6.45) is 3.01. The van der Waals surface area contributed by atoms with Crippen LogP contribution in [-0.2, 0) is 19.1 Å². The van der Waals surface area contributed by atoms with Crippen LogP contribution < -0.4 is 0 Å². The Bertz CT molecular complexity index is 1080. The van der Waals surface area contributed by atoms with Gasteiger partial charge in [-0.3, -0.25) is 9.69 Å². The number of carbonyl (C=O) groups excluding carboxylic acids is 2. The third-order valence-corrected chi connectivity index (χ3v) is 10.1. The first kappa shape index (κ1) is 22.8.